The summed E-state index contributed by atoms with van der Waals surface area (Å²) < 4.78 is 17.6. The summed E-state index contributed by atoms with van der Waals surface area (Å²) in [5, 5.41) is 11.3. The summed E-state index contributed by atoms with van der Waals surface area (Å²) in [5.41, 5.74) is -0.852. The Morgan fingerprint density at radius 1 is 1.09 bits per heavy atom. The van der Waals surface area contributed by atoms with Crippen molar-refractivity contribution in [2.45, 2.75) is 90.6 Å². The van der Waals surface area contributed by atoms with Crippen molar-refractivity contribution in [3.63, 3.8) is 0 Å². The smallest absolute Gasteiger partial charge is 0.311 e. The van der Waals surface area contributed by atoms with E-state index in [9.17, 15) is 19.5 Å². The van der Waals surface area contributed by atoms with Crippen molar-refractivity contribution in [3.05, 3.63) is 0 Å². The Balaban J connectivity index is 1.71. The van der Waals surface area contributed by atoms with Crippen LogP contribution in [0.1, 0.15) is 66.2 Å². The zero-order chi connectivity index (χ0) is 23.9. The van der Waals surface area contributed by atoms with E-state index < -0.39 is 35.6 Å². The number of esters is 3. The molecule has 2 heterocycles. The third-order valence-electron chi connectivity index (χ3n) is 8.70. The maximum Gasteiger partial charge on any atom is 0.311 e. The molecule has 0 aromatic rings. The van der Waals surface area contributed by atoms with Crippen LogP contribution in [0.4, 0.5) is 0 Å². The number of likely N-dealkylation sites (tertiary alicyclic amines) is 1. The zero-order valence-corrected chi connectivity index (χ0v) is 20.3. The molecular formula is C25H39NO7. The van der Waals surface area contributed by atoms with Gasteiger partial charge in [-0.2, -0.15) is 0 Å². The molecule has 33 heavy (non-hydrogen) atoms. The van der Waals surface area contributed by atoms with Crippen LogP contribution in [-0.4, -0.2) is 72.0 Å². The predicted octanol–water partition coefficient (Wildman–Crippen LogP) is 2.31. The third kappa shape index (κ3) is 4.53. The number of hydrogen-bond acceptors (Lipinski definition) is 8. The summed E-state index contributed by atoms with van der Waals surface area (Å²) >= 11 is 0. The lowest BCUT2D eigenvalue weighted by atomic mass is 9.66. The summed E-state index contributed by atoms with van der Waals surface area (Å²) in [6.07, 6.45) is 3.15. The van der Waals surface area contributed by atoms with Gasteiger partial charge in [-0.05, 0) is 38.3 Å². The van der Waals surface area contributed by atoms with E-state index in [0.717, 1.165) is 25.9 Å². The quantitative estimate of drug-likeness (QED) is 0.499. The summed E-state index contributed by atoms with van der Waals surface area (Å²) in [6, 6.07) is 0. The van der Waals surface area contributed by atoms with Gasteiger partial charge in [0.2, 0.25) is 0 Å². The molecule has 0 bridgehead atoms. The maximum atomic E-state index is 13.1. The lowest BCUT2D eigenvalue weighted by Crippen LogP contribution is -2.53. The van der Waals surface area contributed by atoms with Crippen LogP contribution in [-0.2, 0) is 28.6 Å². The molecule has 8 nitrogen and oxygen atoms in total. The zero-order valence-electron chi connectivity index (χ0n) is 20.3. The van der Waals surface area contributed by atoms with E-state index in [1.54, 1.807) is 0 Å². The lowest BCUT2D eigenvalue weighted by molar-refractivity contribution is -0.174. The van der Waals surface area contributed by atoms with Crippen LogP contribution < -0.4 is 0 Å². The third-order valence-corrected chi connectivity index (χ3v) is 8.70. The Kier molecular flexibility index (Phi) is 7.06. The summed E-state index contributed by atoms with van der Waals surface area (Å²) in [7, 11) is 0. The van der Waals surface area contributed by atoms with Gasteiger partial charge in [0.05, 0.1) is 12.0 Å². The molecule has 2 aliphatic heterocycles. The fraction of sp³-hybridized carbons (Fsp3) is 0.880. The Hall–Kier alpha value is -1.67. The number of aliphatic hydroxyl groups excluding tert-OH is 1. The second kappa shape index (κ2) is 9.53. The first-order chi connectivity index (χ1) is 15.6. The summed E-state index contributed by atoms with van der Waals surface area (Å²) in [5.74, 6) is -2.01. The predicted molar refractivity (Wildman–Crippen MR) is 119 cm³/mol. The number of carbonyl (C=O) groups is 3. The van der Waals surface area contributed by atoms with Crippen LogP contribution in [0, 0.1) is 29.1 Å². The molecule has 9 unspecified atom stereocenters. The minimum atomic E-state index is -0.852. The second-order valence-electron chi connectivity index (χ2n) is 10.9. The van der Waals surface area contributed by atoms with Gasteiger partial charge in [0.25, 0.3) is 0 Å². The second-order valence-corrected chi connectivity index (χ2v) is 10.9. The molecule has 186 valence electrons. The minimum Gasteiger partial charge on any atom is -0.462 e. The van der Waals surface area contributed by atoms with Gasteiger partial charge in [-0.25, -0.2) is 0 Å². The van der Waals surface area contributed by atoms with Gasteiger partial charge >= 0.3 is 17.9 Å². The van der Waals surface area contributed by atoms with Gasteiger partial charge in [-0.15, -0.1) is 0 Å². The van der Waals surface area contributed by atoms with Crippen molar-refractivity contribution in [1.82, 2.24) is 4.90 Å². The number of fused-ring (bicyclic) bond motifs is 2. The fourth-order valence-corrected chi connectivity index (χ4v) is 7.38. The standard InChI is InChI=1S/C25H39NO7/c1-14-11-18-21(17(24(30)33-18)13-26-9-7-5-6-8-10-26)23(32-16(3)28)25(4)20(29)12-19(22(14)25)31-15(2)27/h14,17-23,29H,5-13H2,1-4H3. The van der Waals surface area contributed by atoms with Crippen molar-refractivity contribution < 1.29 is 33.7 Å². The lowest BCUT2D eigenvalue weighted by Gasteiger charge is -2.44. The monoisotopic (exact) mass is 465 g/mol. The van der Waals surface area contributed by atoms with Crippen molar-refractivity contribution in [2.24, 2.45) is 29.1 Å². The molecule has 4 aliphatic rings. The summed E-state index contributed by atoms with van der Waals surface area (Å²) in [6.45, 7) is 9.22. The average molecular weight is 466 g/mol. The molecule has 2 saturated heterocycles. The van der Waals surface area contributed by atoms with Gasteiger partial charge in [0.15, 0.2) is 0 Å². The van der Waals surface area contributed by atoms with Gasteiger partial charge in [-0.3, -0.25) is 14.4 Å². The Labute approximate surface area is 196 Å². The van der Waals surface area contributed by atoms with Crippen molar-refractivity contribution in [1.29, 1.82) is 0 Å². The van der Waals surface area contributed by atoms with Crippen LogP contribution in [0.2, 0.25) is 0 Å². The molecule has 2 saturated carbocycles. The normalized spacial score (nSPS) is 43.6. The van der Waals surface area contributed by atoms with Gasteiger partial charge in [-0.1, -0.05) is 26.7 Å². The number of aliphatic hydroxyl groups is 1. The number of rotatable bonds is 4. The van der Waals surface area contributed by atoms with Gasteiger partial charge in [0.1, 0.15) is 18.3 Å². The average Bonchev–Trinajstić information content (AvgIpc) is 2.97. The first-order valence-electron chi connectivity index (χ1n) is 12.6. The molecule has 8 heteroatoms. The SMILES string of the molecule is CC(=O)OC1CC(O)C2(C)C(OC(C)=O)C3C(CC(C)C12)OC(=O)C3CN1CCCCCC1. The first-order valence-corrected chi connectivity index (χ1v) is 12.6. The first kappa shape index (κ1) is 24.5. The molecular weight excluding hydrogens is 426 g/mol. The van der Waals surface area contributed by atoms with E-state index in [-0.39, 0.29) is 35.8 Å². The molecule has 0 aromatic carbocycles. The molecule has 0 radical (unpaired) electrons. The fourth-order valence-electron chi connectivity index (χ4n) is 7.38. The van der Waals surface area contributed by atoms with E-state index in [4.69, 9.17) is 14.2 Å². The highest BCUT2D eigenvalue weighted by Gasteiger charge is 2.67. The van der Waals surface area contributed by atoms with E-state index in [2.05, 4.69) is 11.8 Å². The van der Waals surface area contributed by atoms with Crippen molar-refractivity contribution in [3.8, 4) is 0 Å². The van der Waals surface area contributed by atoms with Crippen LogP contribution in [0.5, 0.6) is 0 Å². The number of ether oxygens (including phenoxy) is 3. The highest BCUT2D eigenvalue weighted by molar-refractivity contribution is 5.76. The highest BCUT2D eigenvalue weighted by Crippen LogP contribution is 2.59. The largest absolute Gasteiger partial charge is 0.462 e. The Morgan fingerprint density at radius 3 is 2.33 bits per heavy atom. The maximum absolute atomic E-state index is 13.1. The molecule has 9 atom stereocenters. The topological polar surface area (TPSA) is 102 Å². The van der Waals surface area contributed by atoms with Crippen molar-refractivity contribution >= 4 is 17.9 Å². The summed E-state index contributed by atoms with van der Waals surface area (Å²) in [4.78, 5) is 39.6. The van der Waals surface area contributed by atoms with Gasteiger partial charge in [0, 0.05) is 44.1 Å². The molecule has 0 amide bonds. The number of hydrogen-bond donors (Lipinski definition) is 1. The van der Waals surface area contributed by atoms with E-state index >= 15 is 0 Å². The molecule has 0 aromatic heterocycles. The number of carbonyl (C=O) groups excluding carboxylic acids is 3. The minimum absolute atomic E-state index is 0.00861. The Bertz CT molecular complexity index is 764. The number of nitrogens with zero attached hydrogens (tertiary/aromatic N) is 1. The van der Waals surface area contributed by atoms with Gasteiger partial charge < -0.3 is 24.2 Å². The molecule has 1 N–H and O–H groups in total. The molecule has 2 aliphatic carbocycles. The highest BCUT2D eigenvalue weighted by atomic mass is 16.6. The van der Waals surface area contributed by atoms with E-state index in [1.807, 2.05) is 6.92 Å². The Morgan fingerprint density at radius 2 is 1.73 bits per heavy atom. The van der Waals surface area contributed by atoms with Crippen LogP contribution in [0.3, 0.4) is 0 Å². The molecule has 0 spiro atoms. The van der Waals surface area contributed by atoms with Crippen LogP contribution >= 0.6 is 0 Å². The van der Waals surface area contributed by atoms with E-state index in [1.165, 1.54) is 26.7 Å². The van der Waals surface area contributed by atoms with E-state index in [0.29, 0.717) is 19.4 Å². The van der Waals surface area contributed by atoms with Crippen molar-refractivity contribution in [2.75, 3.05) is 19.6 Å². The molecule has 4 fully saturated rings. The molecule has 4 rings (SSSR count). The van der Waals surface area contributed by atoms with Crippen LogP contribution in [0.25, 0.3) is 0 Å². The van der Waals surface area contributed by atoms with Crippen LogP contribution in [0.15, 0.2) is 0 Å².